The summed E-state index contributed by atoms with van der Waals surface area (Å²) < 4.78 is 0. The maximum Gasteiger partial charge on any atom is 0.314 e. The fourth-order valence-electron chi connectivity index (χ4n) is 4.81. The van der Waals surface area contributed by atoms with Gasteiger partial charge in [-0.1, -0.05) is 26.8 Å². The zero-order valence-corrected chi connectivity index (χ0v) is 17.0. The van der Waals surface area contributed by atoms with Gasteiger partial charge in [-0.15, -0.1) is 0 Å². The Hall–Kier alpha value is -2.59. The molecule has 0 spiro atoms. The molecule has 1 heterocycles. The van der Waals surface area contributed by atoms with Crippen molar-refractivity contribution in [1.29, 1.82) is 0 Å². The van der Waals surface area contributed by atoms with Gasteiger partial charge < -0.3 is 15.6 Å². The Morgan fingerprint density at radius 1 is 1.25 bits per heavy atom. The maximum absolute atomic E-state index is 12.2. The molecule has 2 atom stereocenters. The Labute approximate surface area is 166 Å². The highest BCUT2D eigenvalue weighted by Crippen LogP contribution is 2.46. The van der Waals surface area contributed by atoms with Crippen LogP contribution in [-0.2, 0) is 11.2 Å². The van der Waals surface area contributed by atoms with Crippen molar-refractivity contribution in [2.45, 2.75) is 52.5 Å². The molecule has 2 unspecified atom stereocenters. The van der Waals surface area contributed by atoms with Crippen LogP contribution in [0.25, 0.3) is 10.9 Å². The second-order valence-electron chi connectivity index (χ2n) is 9.19. The van der Waals surface area contributed by atoms with E-state index in [2.05, 4.69) is 59.6 Å². The van der Waals surface area contributed by atoms with Gasteiger partial charge in [0.25, 0.3) is 0 Å². The van der Waals surface area contributed by atoms with E-state index >= 15 is 0 Å². The first-order valence-corrected chi connectivity index (χ1v) is 9.93. The number of nitrogens with one attached hydrogen (secondary N) is 3. The lowest BCUT2D eigenvalue weighted by atomic mass is 9.63. The summed E-state index contributed by atoms with van der Waals surface area (Å²) in [6.07, 6.45) is 7.09. The van der Waals surface area contributed by atoms with Crippen LogP contribution in [0.4, 0.5) is 4.79 Å². The van der Waals surface area contributed by atoms with Crippen molar-refractivity contribution in [3.05, 3.63) is 36.0 Å². The van der Waals surface area contributed by atoms with Crippen LogP contribution < -0.4 is 10.6 Å². The van der Waals surface area contributed by atoms with Gasteiger partial charge in [0, 0.05) is 24.8 Å². The predicted molar refractivity (Wildman–Crippen MR) is 111 cm³/mol. The quantitative estimate of drug-likeness (QED) is 0.522. The SMILES string of the molecule is CC1(C)CC(N=C=O)CC(C)(CNC(=O)NCCc2ccc3[nH]ccc3c2)C1. The van der Waals surface area contributed by atoms with Crippen LogP contribution in [0.5, 0.6) is 0 Å². The van der Waals surface area contributed by atoms with E-state index in [0.717, 1.165) is 31.2 Å². The van der Waals surface area contributed by atoms with E-state index in [1.165, 1.54) is 10.9 Å². The Morgan fingerprint density at radius 2 is 2.07 bits per heavy atom. The zero-order chi connectivity index (χ0) is 20.2. The standard InChI is InChI=1S/C22H30N4O2/c1-21(2)11-18(26-15-27)12-22(3,13-21)14-25-20(28)24-8-6-16-4-5-19-17(10-16)7-9-23-19/h4-5,7,9-10,18,23H,6,8,11-14H2,1-3H3,(H2,24,25,28). The smallest absolute Gasteiger partial charge is 0.314 e. The third-order valence-electron chi connectivity index (χ3n) is 5.65. The summed E-state index contributed by atoms with van der Waals surface area (Å²) in [6, 6.07) is 8.17. The van der Waals surface area contributed by atoms with Crippen molar-refractivity contribution in [2.24, 2.45) is 15.8 Å². The molecule has 3 rings (SSSR count). The number of rotatable bonds is 6. The number of aliphatic imine (C=N–C) groups is 1. The minimum absolute atomic E-state index is 0.0144. The monoisotopic (exact) mass is 382 g/mol. The van der Waals surface area contributed by atoms with Gasteiger partial charge in [0.15, 0.2) is 0 Å². The number of carbonyl (C=O) groups is 1. The lowest BCUT2D eigenvalue weighted by Crippen LogP contribution is -2.47. The Bertz CT molecular complexity index is 882. The first kappa shape index (κ1) is 20.2. The van der Waals surface area contributed by atoms with Crippen molar-refractivity contribution in [1.82, 2.24) is 15.6 Å². The van der Waals surface area contributed by atoms with Crippen LogP contribution in [0.1, 0.15) is 45.6 Å². The van der Waals surface area contributed by atoms with Crippen LogP contribution in [-0.4, -0.2) is 36.2 Å². The lowest BCUT2D eigenvalue weighted by Gasteiger charge is -2.45. The van der Waals surface area contributed by atoms with Crippen molar-refractivity contribution in [3.8, 4) is 0 Å². The fourth-order valence-corrected chi connectivity index (χ4v) is 4.81. The van der Waals surface area contributed by atoms with Crippen LogP contribution in [0.2, 0.25) is 0 Å². The molecule has 6 heteroatoms. The molecule has 2 amide bonds. The molecule has 0 radical (unpaired) electrons. The lowest BCUT2D eigenvalue weighted by molar-refractivity contribution is 0.0850. The number of benzene rings is 1. The van der Waals surface area contributed by atoms with Gasteiger partial charge in [-0.3, -0.25) is 0 Å². The molecule has 0 aliphatic heterocycles. The number of urea groups is 1. The number of fused-ring (bicyclic) bond motifs is 1. The number of nitrogens with zero attached hydrogens (tertiary/aromatic N) is 1. The van der Waals surface area contributed by atoms with E-state index in [9.17, 15) is 9.59 Å². The number of H-pyrrole nitrogens is 1. The minimum Gasteiger partial charge on any atom is -0.361 e. The molecule has 3 N–H and O–H groups in total. The summed E-state index contributed by atoms with van der Waals surface area (Å²) in [6.45, 7) is 7.70. The molecular formula is C22H30N4O2. The molecule has 1 aliphatic rings. The van der Waals surface area contributed by atoms with Gasteiger partial charge >= 0.3 is 6.03 Å². The number of carbonyl (C=O) groups excluding carboxylic acids is 2. The fraction of sp³-hybridized carbons (Fsp3) is 0.545. The van der Waals surface area contributed by atoms with E-state index in [1.54, 1.807) is 6.08 Å². The number of hydrogen-bond acceptors (Lipinski definition) is 3. The Morgan fingerprint density at radius 3 is 2.86 bits per heavy atom. The van der Waals surface area contributed by atoms with Gasteiger partial charge in [0.2, 0.25) is 6.08 Å². The second-order valence-corrected chi connectivity index (χ2v) is 9.19. The number of aromatic amines is 1. The Kier molecular flexibility index (Phi) is 5.90. The van der Waals surface area contributed by atoms with Gasteiger partial charge in [0.05, 0.1) is 6.04 Å². The first-order valence-electron chi connectivity index (χ1n) is 9.93. The predicted octanol–water partition coefficient (Wildman–Crippen LogP) is 3.93. The molecule has 1 aliphatic carbocycles. The van der Waals surface area contributed by atoms with Crippen molar-refractivity contribution in [2.75, 3.05) is 13.1 Å². The molecule has 0 saturated heterocycles. The van der Waals surface area contributed by atoms with Crippen molar-refractivity contribution < 1.29 is 9.59 Å². The average molecular weight is 383 g/mol. The minimum atomic E-state index is -0.150. The van der Waals surface area contributed by atoms with Gasteiger partial charge in [-0.2, -0.15) is 0 Å². The first-order chi connectivity index (χ1) is 13.3. The van der Waals surface area contributed by atoms with E-state index in [-0.39, 0.29) is 22.9 Å². The molecule has 2 aromatic rings. The van der Waals surface area contributed by atoms with E-state index < -0.39 is 0 Å². The summed E-state index contributed by atoms with van der Waals surface area (Å²) in [7, 11) is 0. The van der Waals surface area contributed by atoms with E-state index in [4.69, 9.17) is 0 Å². The largest absolute Gasteiger partial charge is 0.361 e. The third kappa shape index (κ3) is 5.23. The van der Waals surface area contributed by atoms with Crippen LogP contribution in [0.3, 0.4) is 0 Å². The number of aromatic nitrogens is 1. The molecule has 1 saturated carbocycles. The number of isocyanates is 1. The second kappa shape index (κ2) is 8.19. The number of hydrogen-bond donors (Lipinski definition) is 3. The van der Waals surface area contributed by atoms with E-state index in [0.29, 0.717) is 13.1 Å². The van der Waals surface area contributed by atoms with Crippen molar-refractivity contribution >= 4 is 23.0 Å². The van der Waals surface area contributed by atoms with Crippen LogP contribution in [0.15, 0.2) is 35.5 Å². The molecular weight excluding hydrogens is 352 g/mol. The average Bonchev–Trinajstić information content (AvgIpc) is 3.06. The summed E-state index contributed by atoms with van der Waals surface area (Å²) in [5.41, 5.74) is 2.33. The van der Waals surface area contributed by atoms with Crippen LogP contribution in [0, 0.1) is 10.8 Å². The molecule has 1 aromatic heterocycles. The number of amides is 2. The molecule has 28 heavy (non-hydrogen) atoms. The summed E-state index contributed by atoms with van der Waals surface area (Å²) in [5, 5.41) is 7.14. The normalized spacial score (nSPS) is 23.8. The molecule has 150 valence electrons. The maximum atomic E-state index is 12.2. The van der Waals surface area contributed by atoms with Crippen molar-refractivity contribution in [3.63, 3.8) is 0 Å². The summed E-state index contributed by atoms with van der Waals surface area (Å²) in [4.78, 5) is 30.1. The topological polar surface area (TPSA) is 86.3 Å². The van der Waals surface area contributed by atoms with Crippen LogP contribution >= 0.6 is 0 Å². The zero-order valence-electron chi connectivity index (χ0n) is 17.0. The Balaban J connectivity index is 1.47. The molecule has 1 aromatic carbocycles. The molecule has 6 nitrogen and oxygen atoms in total. The molecule has 0 bridgehead atoms. The summed E-state index contributed by atoms with van der Waals surface area (Å²) in [5.74, 6) is 0. The van der Waals surface area contributed by atoms with E-state index in [1.807, 2.05) is 12.3 Å². The highest BCUT2D eigenvalue weighted by Gasteiger charge is 2.41. The van der Waals surface area contributed by atoms with Gasteiger partial charge in [-0.05, 0) is 65.7 Å². The third-order valence-corrected chi connectivity index (χ3v) is 5.65. The van der Waals surface area contributed by atoms with Gasteiger partial charge in [-0.25, -0.2) is 14.6 Å². The highest BCUT2D eigenvalue weighted by molar-refractivity contribution is 5.80. The highest BCUT2D eigenvalue weighted by atomic mass is 16.2. The molecule has 1 fully saturated rings. The summed E-state index contributed by atoms with van der Waals surface area (Å²) >= 11 is 0. The van der Waals surface area contributed by atoms with Gasteiger partial charge in [0.1, 0.15) is 0 Å².